The number of esters is 1. The third-order valence-electron chi connectivity index (χ3n) is 2.76. The van der Waals surface area contributed by atoms with Gasteiger partial charge in [-0.05, 0) is 35.0 Å². The maximum Gasteiger partial charge on any atom is 0.342 e. The van der Waals surface area contributed by atoms with Crippen molar-refractivity contribution in [1.29, 1.82) is 0 Å². The van der Waals surface area contributed by atoms with Crippen LogP contribution >= 0.6 is 11.6 Å². The number of ether oxygens (including phenoxy) is 2. The summed E-state index contributed by atoms with van der Waals surface area (Å²) in [7, 11) is 1.47. The molecule has 0 saturated heterocycles. The van der Waals surface area contributed by atoms with E-state index in [9.17, 15) is 4.79 Å². The van der Waals surface area contributed by atoms with Crippen LogP contribution in [0.4, 0.5) is 0 Å². The van der Waals surface area contributed by atoms with Crippen molar-refractivity contribution in [2.45, 2.75) is 26.5 Å². The minimum atomic E-state index is -0.541. The average Bonchev–Trinajstić information content (AvgIpc) is 2.92. The summed E-state index contributed by atoms with van der Waals surface area (Å²) in [5, 5.41) is 11.6. The Morgan fingerprint density at radius 3 is 2.95 bits per heavy atom. The Kier molecular flexibility index (Phi) is 5.10. The zero-order chi connectivity index (χ0) is 15.2. The Balaban J connectivity index is 2.08. The molecular weight excluding hydrogens is 296 g/mol. The van der Waals surface area contributed by atoms with E-state index in [2.05, 4.69) is 15.5 Å². The fraction of sp³-hybridized carbons (Fsp3) is 0.385. The number of halogens is 1. The number of hydrogen-bond acceptors (Lipinski definition) is 6. The van der Waals surface area contributed by atoms with E-state index in [4.69, 9.17) is 21.1 Å². The number of carbonyl (C=O) groups is 1. The molecule has 0 amide bonds. The number of tetrazole rings is 1. The lowest BCUT2D eigenvalue weighted by Gasteiger charge is -2.09. The Hall–Kier alpha value is -2.15. The highest BCUT2D eigenvalue weighted by atomic mass is 35.5. The SMILES string of the molecule is CCCn1nnnc1COC(=O)c1cc(Cl)ccc1OC. The maximum absolute atomic E-state index is 12.1. The molecule has 0 aliphatic heterocycles. The van der Waals surface area contributed by atoms with Crippen molar-refractivity contribution < 1.29 is 14.3 Å². The molecule has 0 saturated carbocycles. The first-order valence-electron chi connectivity index (χ1n) is 6.41. The lowest BCUT2D eigenvalue weighted by atomic mass is 10.2. The van der Waals surface area contributed by atoms with E-state index in [0.29, 0.717) is 23.1 Å². The van der Waals surface area contributed by atoms with Gasteiger partial charge >= 0.3 is 5.97 Å². The van der Waals surface area contributed by atoms with Crippen LogP contribution < -0.4 is 4.74 Å². The molecule has 0 aliphatic carbocycles. The van der Waals surface area contributed by atoms with Crippen LogP contribution in [0.5, 0.6) is 5.75 Å². The smallest absolute Gasteiger partial charge is 0.342 e. The van der Waals surface area contributed by atoms with Gasteiger partial charge in [-0.15, -0.1) is 5.10 Å². The second kappa shape index (κ2) is 7.03. The quantitative estimate of drug-likeness (QED) is 0.760. The number of rotatable bonds is 6. The molecule has 0 fully saturated rings. The number of aromatic nitrogens is 4. The lowest BCUT2D eigenvalue weighted by Crippen LogP contribution is -2.11. The van der Waals surface area contributed by atoms with Gasteiger partial charge in [0.2, 0.25) is 0 Å². The minimum Gasteiger partial charge on any atom is -0.496 e. The van der Waals surface area contributed by atoms with E-state index in [0.717, 1.165) is 6.42 Å². The van der Waals surface area contributed by atoms with Gasteiger partial charge in [0.15, 0.2) is 12.4 Å². The third kappa shape index (κ3) is 3.69. The highest BCUT2D eigenvalue weighted by molar-refractivity contribution is 6.31. The van der Waals surface area contributed by atoms with E-state index >= 15 is 0 Å². The van der Waals surface area contributed by atoms with Crippen LogP contribution in [0.2, 0.25) is 5.02 Å². The van der Waals surface area contributed by atoms with Gasteiger partial charge in [-0.25, -0.2) is 9.48 Å². The van der Waals surface area contributed by atoms with Crippen LogP contribution in [0.3, 0.4) is 0 Å². The molecule has 7 nitrogen and oxygen atoms in total. The molecule has 1 aromatic carbocycles. The zero-order valence-electron chi connectivity index (χ0n) is 11.7. The molecule has 2 rings (SSSR count). The minimum absolute atomic E-state index is 0.0124. The van der Waals surface area contributed by atoms with Crippen molar-refractivity contribution in [1.82, 2.24) is 20.2 Å². The summed E-state index contributed by atoms with van der Waals surface area (Å²) in [6.45, 7) is 2.66. The largest absolute Gasteiger partial charge is 0.496 e. The first-order valence-corrected chi connectivity index (χ1v) is 6.79. The molecule has 0 bridgehead atoms. The summed E-state index contributed by atoms with van der Waals surface area (Å²) in [4.78, 5) is 12.1. The summed E-state index contributed by atoms with van der Waals surface area (Å²) >= 11 is 5.88. The van der Waals surface area contributed by atoms with Gasteiger partial charge in [0.1, 0.15) is 11.3 Å². The zero-order valence-corrected chi connectivity index (χ0v) is 12.5. The first-order chi connectivity index (χ1) is 10.2. The van der Waals surface area contributed by atoms with E-state index in [1.54, 1.807) is 16.8 Å². The molecule has 21 heavy (non-hydrogen) atoms. The standard InChI is InChI=1S/C13H15ClN4O3/c1-3-6-18-12(15-16-17-18)8-21-13(19)10-7-9(14)4-5-11(10)20-2/h4-5,7H,3,6,8H2,1-2H3. The van der Waals surface area contributed by atoms with E-state index in [1.807, 2.05) is 6.92 Å². The summed E-state index contributed by atoms with van der Waals surface area (Å²) in [6, 6.07) is 4.75. The van der Waals surface area contributed by atoms with Gasteiger partial charge in [-0.2, -0.15) is 0 Å². The van der Waals surface area contributed by atoms with Crippen molar-refractivity contribution in [2.24, 2.45) is 0 Å². The molecule has 0 N–H and O–H groups in total. The molecule has 112 valence electrons. The molecular formula is C13H15ClN4O3. The Labute approximate surface area is 126 Å². The Morgan fingerprint density at radius 2 is 2.24 bits per heavy atom. The van der Waals surface area contributed by atoms with Crippen LogP contribution in [0.1, 0.15) is 29.5 Å². The predicted octanol–water partition coefficient (Wildman–Crippen LogP) is 2.10. The van der Waals surface area contributed by atoms with Crippen molar-refractivity contribution >= 4 is 17.6 Å². The third-order valence-corrected chi connectivity index (χ3v) is 2.99. The monoisotopic (exact) mass is 310 g/mol. The average molecular weight is 311 g/mol. The van der Waals surface area contributed by atoms with Crippen LogP contribution in [-0.2, 0) is 17.9 Å². The van der Waals surface area contributed by atoms with E-state index < -0.39 is 5.97 Å². The predicted molar refractivity (Wildman–Crippen MR) is 75.2 cm³/mol. The number of hydrogen-bond donors (Lipinski definition) is 0. The van der Waals surface area contributed by atoms with E-state index in [1.165, 1.54) is 13.2 Å². The van der Waals surface area contributed by atoms with Gasteiger partial charge < -0.3 is 9.47 Å². The highest BCUT2D eigenvalue weighted by Crippen LogP contribution is 2.23. The Morgan fingerprint density at radius 1 is 1.43 bits per heavy atom. The van der Waals surface area contributed by atoms with Crippen LogP contribution in [0.25, 0.3) is 0 Å². The van der Waals surface area contributed by atoms with Crippen LogP contribution in [0, 0.1) is 0 Å². The Bertz CT molecular complexity index is 630. The number of methoxy groups -OCH3 is 1. The molecule has 2 aromatic rings. The first kappa shape index (κ1) is 15.2. The highest BCUT2D eigenvalue weighted by Gasteiger charge is 2.16. The fourth-order valence-electron chi connectivity index (χ4n) is 1.76. The molecule has 1 aromatic heterocycles. The molecule has 0 spiro atoms. The van der Waals surface area contributed by atoms with Gasteiger partial charge in [0.25, 0.3) is 0 Å². The van der Waals surface area contributed by atoms with Crippen molar-refractivity contribution in [3.8, 4) is 5.75 Å². The van der Waals surface area contributed by atoms with Gasteiger partial charge in [-0.3, -0.25) is 0 Å². The van der Waals surface area contributed by atoms with E-state index in [-0.39, 0.29) is 12.2 Å². The fourth-order valence-corrected chi connectivity index (χ4v) is 1.93. The molecule has 1 heterocycles. The summed E-state index contributed by atoms with van der Waals surface area (Å²) < 4.78 is 11.9. The second-order valence-electron chi connectivity index (χ2n) is 4.24. The summed E-state index contributed by atoms with van der Waals surface area (Å²) in [5.41, 5.74) is 0.263. The van der Waals surface area contributed by atoms with Crippen molar-refractivity contribution in [2.75, 3.05) is 7.11 Å². The lowest BCUT2D eigenvalue weighted by molar-refractivity contribution is 0.0453. The summed E-state index contributed by atoms with van der Waals surface area (Å²) in [6.07, 6.45) is 0.883. The van der Waals surface area contributed by atoms with Gasteiger partial charge in [-0.1, -0.05) is 18.5 Å². The number of carbonyl (C=O) groups excluding carboxylic acids is 1. The van der Waals surface area contributed by atoms with Gasteiger partial charge in [0, 0.05) is 11.6 Å². The maximum atomic E-state index is 12.1. The van der Waals surface area contributed by atoms with Crippen LogP contribution in [-0.4, -0.2) is 33.3 Å². The topological polar surface area (TPSA) is 79.1 Å². The summed E-state index contributed by atoms with van der Waals surface area (Å²) in [5.74, 6) is 0.351. The molecule has 8 heteroatoms. The number of benzene rings is 1. The number of aryl methyl sites for hydroxylation is 1. The molecule has 0 aliphatic rings. The normalized spacial score (nSPS) is 10.4. The van der Waals surface area contributed by atoms with Crippen molar-refractivity contribution in [3.63, 3.8) is 0 Å². The second-order valence-corrected chi connectivity index (χ2v) is 4.68. The number of nitrogens with zero attached hydrogens (tertiary/aromatic N) is 4. The molecule has 0 atom stereocenters. The molecule has 0 unspecified atom stereocenters. The molecule has 0 radical (unpaired) electrons. The van der Waals surface area contributed by atoms with Crippen LogP contribution in [0.15, 0.2) is 18.2 Å². The van der Waals surface area contributed by atoms with Gasteiger partial charge in [0.05, 0.1) is 7.11 Å². The van der Waals surface area contributed by atoms with Crippen molar-refractivity contribution in [3.05, 3.63) is 34.6 Å².